The molecule has 0 atom stereocenters. The van der Waals surface area contributed by atoms with Crippen LogP contribution in [0.25, 0.3) is 0 Å². The normalized spacial score (nSPS) is 11.0. The van der Waals surface area contributed by atoms with Crippen LogP contribution >= 0.6 is 0 Å². The van der Waals surface area contributed by atoms with Crippen molar-refractivity contribution >= 4 is 5.95 Å². The van der Waals surface area contributed by atoms with E-state index in [-0.39, 0.29) is 0 Å². The maximum atomic E-state index is 5.08. The molecular weight excluding hydrogens is 254 g/mol. The Labute approximate surface area is 119 Å². The molecule has 0 unspecified atom stereocenters. The van der Waals surface area contributed by atoms with Gasteiger partial charge in [-0.3, -0.25) is 4.68 Å². The summed E-state index contributed by atoms with van der Waals surface area (Å²) in [6.07, 6.45) is 4.78. The highest BCUT2D eigenvalue weighted by Gasteiger charge is 2.10. The zero-order chi connectivity index (χ0) is 14.5. The van der Waals surface area contributed by atoms with E-state index in [0.717, 1.165) is 37.8 Å². The molecule has 0 saturated heterocycles. The third-order valence-corrected chi connectivity index (χ3v) is 3.55. The molecule has 2 heterocycles. The third kappa shape index (κ3) is 3.19. The van der Waals surface area contributed by atoms with Gasteiger partial charge in [-0.2, -0.15) is 5.10 Å². The van der Waals surface area contributed by atoms with E-state index in [0.29, 0.717) is 0 Å². The molecule has 2 aromatic heterocycles. The molecule has 1 N–H and O–H groups in total. The number of aryl methyl sites for hydroxylation is 3. The predicted octanol–water partition coefficient (Wildman–Crippen LogP) is 1.88. The first-order chi connectivity index (χ1) is 9.63. The van der Waals surface area contributed by atoms with Crippen molar-refractivity contribution in [2.75, 3.05) is 19.0 Å². The summed E-state index contributed by atoms with van der Waals surface area (Å²) in [5, 5.41) is 7.82. The molecule has 6 nitrogen and oxygen atoms in total. The van der Waals surface area contributed by atoms with Gasteiger partial charge in [0.1, 0.15) is 0 Å². The van der Waals surface area contributed by atoms with Gasteiger partial charge in [-0.15, -0.1) is 0 Å². The summed E-state index contributed by atoms with van der Waals surface area (Å²) in [4.78, 5) is 4.36. The quantitative estimate of drug-likeness (QED) is 0.785. The van der Waals surface area contributed by atoms with Crippen molar-refractivity contribution in [2.45, 2.75) is 33.4 Å². The van der Waals surface area contributed by atoms with Gasteiger partial charge in [0.2, 0.25) is 5.95 Å². The van der Waals surface area contributed by atoms with Crippen molar-refractivity contribution in [2.24, 2.45) is 7.05 Å². The van der Waals surface area contributed by atoms with E-state index in [4.69, 9.17) is 4.74 Å². The minimum atomic E-state index is 0.743. The fourth-order valence-electron chi connectivity index (χ4n) is 2.28. The monoisotopic (exact) mass is 277 g/mol. The zero-order valence-electron chi connectivity index (χ0n) is 12.7. The van der Waals surface area contributed by atoms with E-state index >= 15 is 0 Å². The van der Waals surface area contributed by atoms with Crippen LogP contribution in [-0.4, -0.2) is 33.0 Å². The highest BCUT2D eigenvalue weighted by Crippen LogP contribution is 2.14. The fraction of sp³-hybridized carbons (Fsp3) is 0.571. The molecule has 0 aliphatic rings. The van der Waals surface area contributed by atoms with Gasteiger partial charge in [0.25, 0.3) is 0 Å². The van der Waals surface area contributed by atoms with Gasteiger partial charge in [-0.05, 0) is 20.3 Å². The Morgan fingerprint density at radius 3 is 2.80 bits per heavy atom. The minimum Gasteiger partial charge on any atom is -0.385 e. The Bertz CT molecular complexity index is 558. The lowest BCUT2D eigenvalue weighted by atomic mass is 10.2. The average Bonchev–Trinajstić information content (AvgIpc) is 2.95. The smallest absolute Gasteiger partial charge is 0.203 e. The summed E-state index contributed by atoms with van der Waals surface area (Å²) in [5.74, 6) is 0.892. The standard InChI is InChI=1S/C14H23N5O/c1-11-13(12(2)18(3)17-11)10-16-14-15-6-8-19(14)7-5-9-20-4/h6,8H,5,7,9-10H2,1-4H3,(H,15,16). The average molecular weight is 277 g/mol. The number of aromatic nitrogens is 4. The van der Waals surface area contributed by atoms with Gasteiger partial charge in [0.15, 0.2) is 0 Å². The molecule has 6 heteroatoms. The molecule has 0 aromatic carbocycles. The van der Waals surface area contributed by atoms with Crippen LogP contribution in [0, 0.1) is 13.8 Å². The number of nitrogens with one attached hydrogen (secondary N) is 1. The zero-order valence-corrected chi connectivity index (χ0v) is 12.7. The van der Waals surface area contributed by atoms with Gasteiger partial charge in [0.05, 0.1) is 5.69 Å². The maximum Gasteiger partial charge on any atom is 0.203 e. The third-order valence-electron chi connectivity index (χ3n) is 3.55. The minimum absolute atomic E-state index is 0.743. The van der Waals surface area contributed by atoms with Crippen LogP contribution in [0.15, 0.2) is 12.4 Å². The van der Waals surface area contributed by atoms with Crippen LogP contribution in [0.5, 0.6) is 0 Å². The van der Waals surface area contributed by atoms with Gasteiger partial charge in [-0.1, -0.05) is 0 Å². The summed E-state index contributed by atoms with van der Waals surface area (Å²) >= 11 is 0. The van der Waals surface area contributed by atoms with Crippen LogP contribution in [0.2, 0.25) is 0 Å². The van der Waals surface area contributed by atoms with Crippen molar-refractivity contribution in [3.05, 3.63) is 29.3 Å². The molecule has 0 spiro atoms. The van der Waals surface area contributed by atoms with Crippen molar-refractivity contribution in [1.29, 1.82) is 0 Å². The van der Waals surface area contributed by atoms with Gasteiger partial charge in [0, 0.05) is 57.5 Å². The molecule has 0 aliphatic carbocycles. The molecule has 2 aromatic rings. The first-order valence-corrected chi connectivity index (χ1v) is 6.86. The van der Waals surface area contributed by atoms with Gasteiger partial charge in [-0.25, -0.2) is 4.98 Å². The second-order valence-corrected chi connectivity index (χ2v) is 4.92. The number of imidazole rings is 1. The molecule has 110 valence electrons. The summed E-state index contributed by atoms with van der Waals surface area (Å²) in [6, 6.07) is 0. The number of hydrogen-bond acceptors (Lipinski definition) is 4. The summed E-state index contributed by atoms with van der Waals surface area (Å²) in [6.45, 7) is 6.53. The molecule has 0 fully saturated rings. The van der Waals surface area contributed by atoms with E-state index in [1.165, 1.54) is 11.3 Å². The highest BCUT2D eigenvalue weighted by atomic mass is 16.5. The summed E-state index contributed by atoms with van der Waals surface area (Å²) < 4.78 is 9.10. The van der Waals surface area contributed by atoms with E-state index < -0.39 is 0 Å². The van der Waals surface area contributed by atoms with Crippen LogP contribution in [0.3, 0.4) is 0 Å². The lowest BCUT2D eigenvalue weighted by molar-refractivity contribution is 0.190. The first-order valence-electron chi connectivity index (χ1n) is 6.86. The Morgan fingerprint density at radius 1 is 1.35 bits per heavy atom. The summed E-state index contributed by atoms with van der Waals surface area (Å²) in [5.41, 5.74) is 3.49. The van der Waals surface area contributed by atoms with E-state index in [9.17, 15) is 0 Å². The molecule has 0 radical (unpaired) electrons. The number of rotatable bonds is 7. The number of ether oxygens (including phenoxy) is 1. The van der Waals surface area contributed by atoms with Crippen LogP contribution in [-0.2, 0) is 24.9 Å². The van der Waals surface area contributed by atoms with E-state index in [1.807, 2.05) is 31.0 Å². The highest BCUT2D eigenvalue weighted by molar-refractivity contribution is 5.32. The molecular formula is C14H23N5O. The summed E-state index contributed by atoms with van der Waals surface area (Å²) in [7, 11) is 3.69. The number of anilines is 1. The molecule has 20 heavy (non-hydrogen) atoms. The lowest BCUT2D eigenvalue weighted by Gasteiger charge is -2.10. The maximum absolute atomic E-state index is 5.08. The van der Waals surface area contributed by atoms with Crippen LogP contribution in [0.1, 0.15) is 23.4 Å². The van der Waals surface area contributed by atoms with Gasteiger partial charge >= 0.3 is 0 Å². The predicted molar refractivity (Wildman–Crippen MR) is 78.7 cm³/mol. The largest absolute Gasteiger partial charge is 0.385 e. The second kappa shape index (κ2) is 6.56. The Balaban J connectivity index is 1.99. The lowest BCUT2D eigenvalue weighted by Crippen LogP contribution is -2.09. The molecule has 2 rings (SSSR count). The number of hydrogen-bond donors (Lipinski definition) is 1. The number of nitrogens with zero attached hydrogens (tertiary/aromatic N) is 4. The molecule has 0 saturated carbocycles. The Morgan fingerprint density at radius 2 is 2.15 bits per heavy atom. The Kier molecular flexibility index (Phi) is 4.79. The first kappa shape index (κ1) is 14.6. The number of methoxy groups -OCH3 is 1. The van der Waals surface area contributed by atoms with Crippen molar-refractivity contribution < 1.29 is 4.74 Å². The van der Waals surface area contributed by atoms with Crippen LogP contribution in [0.4, 0.5) is 5.95 Å². The van der Waals surface area contributed by atoms with Crippen molar-refractivity contribution in [3.8, 4) is 0 Å². The molecule has 0 bridgehead atoms. The van der Waals surface area contributed by atoms with Crippen molar-refractivity contribution in [1.82, 2.24) is 19.3 Å². The SMILES string of the molecule is COCCCn1ccnc1NCc1c(C)nn(C)c1C. The second-order valence-electron chi connectivity index (χ2n) is 4.92. The molecule has 0 amide bonds. The van der Waals surface area contributed by atoms with Crippen LogP contribution < -0.4 is 5.32 Å². The van der Waals surface area contributed by atoms with E-state index in [1.54, 1.807) is 7.11 Å². The Hall–Kier alpha value is -1.82. The molecule has 0 aliphatic heterocycles. The van der Waals surface area contributed by atoms with E-state index in [2.05, 4.69) is 26.9 Å². The fourth-order valence-corrected chi connectivity index (χ4v) is 2.28. The topological polar surface area (TPSA) is 56.9 Å². The van der Waals surface area contributed by atoms with Crippen molar-refractivity contribution in [3.63, 3.8) is 0 Å². The van der Waals surface area contributed by atoms with Gasteiger partial charge < -0.3 is 14.6 Å².